The van der Waals surface area contributed by atoms with E-state index in [1.54, 1.807) is 38.5 Å². The second kappa shape index (κ2) is 9.76. The second-order valence-corrected chi connectivity index (χ2v) is 8.79. The van der Waals surface area contributed by atoms with Crippen LogP contribution in [0.3, 0.4) is 0 Å². The molecule has 1 aliphatic heterocycles. The van der Waals surface area contributed by atoms with Crippen LogP contribution in [-0.2, 0) is 9.59 Å². The lowest BCUT2D eigenvalue weighted by Gasteiger charge is -2.17. The monoisotopic (exact) mass is 464 g/mol. The molecule has 0 aliphatic carbocycles. The minimum Gasteiger partial charge on any atom is -0.497 e. The molecule has 4 rings (SSSR count). The van der Waals surface area contributed by atoms with Crippen molar-refractivity contribution in [1.29, 1.82) is 0 Å². The summed E-state index contributed by atoms with van der Waals surface area (Å²) in [5.74, 6) is 0.787. The molecule has 0 fully saturated rings. The molecule has 32 heavy (non-hydrogen) atoms. The van der Waals surface area contributed by atoms with Gasteiger partial charge in [-0.2, -0.15) is 0 Å². The Morgan fingerprint density at radius 2 is 1.81 bits per heavy atom. The van der Waals surface area contributed by atoms with E-state index in [1.165, 1.54) is 29.2 Å². The predicted octanol–water partition coefficient (Wildman–Crippen LogP) is 5.50. The van der Waals surface area contributed by atoms with Crippen molar-refractivity contribution in [3.8, 4) is 11.5 Å². The second-order valence-electron chi connectivity index (χ2n) is 6.77. The summed E-state index contributed by atoms with van der Waals surface area (Å²) in [6.45, 7) is 0. The molecule has 0 saturated carbocycles. The van der Waals surface area contributed by atoms with Gasteiger partial charge in [0.05, 0.1) is 24.8 Å². The normalized spacial score (nSPS) is 14.2. The fourth-order valence-corrected chi connectivity index (χ4v) is 4.82. The van der Waals surface area contributed by atoms with E-state index in [1.807, 2.05) is 41.8 Å². The number of anilines is 2. The number of hydrogen-bond acceptors (Lipinski definition) is 6. The van der Waals surface area contributed by atoms with Crippen LogP contribution in [0.15, 0.2) is 69.8 Å². The van der Waals surface area contributed by atoms with E-state index in [0.717, 1.165) is 21.0 Å². The molecule has 8 heteroatoms. The fraction of sp³-hybridized carbons (Fsp3) is 0.0833. The molecule has 0 atom stereocenters. The van der Waals surface area contributed by atoms with Crippen LogP contribution in [0.5, 0.6) is 11.5 Å². The number of nitrogens with one attached hydrogen (secondary N) is 2. The maximum absolute atomic E-state index is 12.4. The molecular weight excluding hydrogens is 444 g/mol. The molecule has 6 nitrogen and oxygen atoms in total. The lowest BCUT2D eigenvalue weighted by molar-refractivity contribution is -0.112. The highest BCUT2D eigenvalue weighted by atomic mass is 32.2. The molecule has 2 N–H and O–H groups in total. The minimum atomic E-state index is -0.273. The van der Waals surface area contributed by atoms with E-state index in [-0.39, 0.29) is 11.8 Å². The molecule has 2 heterocycles. The first-order valence-corrected chi connectivity index (χ1v) is 11.3. The van der Waals surface area contributed by atoms with Crippen molar-refractivity contribution >= 4 is 58.4 Å². The van der Waals surface area contributed by atoms with Crippen molar-refractivity contribution in [1.82, 2.24) is 0 Å². The summed E-state index contributed by atoms with van der Waals surface area (Å²) in [6, 6.07) is 14.8. The zero-order chi connectivity index (χ0) is 22.5. The average molecular weight is 465 g/mol. The number of benzene rings is 2. The summed E-state index contributed by atoms with van der Waals surface area (Å²) in [5.41, 5.74) is 2.28. The minimum absolute atomic E-state index is 0.118. The SMILES string of the molecule is COc1cc(NC(=O)/C=C/c2csc(C=C3Sc4ccccc4NC3=O)c2)cc(OC)c1. The Morgan fingerprint density at radius 3 is 2.56 bits per heavy atom. The lowest BCUT2D eigenvalue weighted by atomic mass is 10.2. The average Bonchev–Trinajstić information content (AvgIpc) is 3.25. The molecule has 0 unspecified atom stereocenters. The zero-order valence-electron chi connectivity index (χ0n) is 17.4. The van der Waals surface area contributed by atoms with E-state index in [4.69, 9.17) is 9.47 Å². The van der Waals surface area contributed by atoms with Gasteiger partial charge in [-0.3, -0.25) is 9.59 Å². The van der Waals surface area contributed by atoms with Gasteiger partial charge in [-0.25, -0.2) is 0 Å². The summed E-state index contributed by atoms with van der Waals surface area (Å²) in [5, 5.41) is 7.64. The third-order valence-electron chi connectivity index (χ3n) is 4.54. The Bertz CT molecular complexity index is 1210. The highest BCUT2D eigenvalue weighted by Crippen LogP contribution is 2.39. The molecule has 2 amide bonds. The number of methoxy groups -OCH3 is 2. The maximum Gasteiger partial charge on any atom is 0.262 e. The van der Waals surface area contributed by atoms with Crippen LogP contribution in [-0.4, -0.2) is 26.0 Å². The number of carbonyl (C=O) groups is 2. The van der Waals surface area contributed by atoms with Crippen molar-refractivity contribution in [2.45, 2.75) is 4.90 Å². The summed E-state index contributed by atoms with van der Waals surface area (Å²) in [4.78, 5) is 27.3. The van der Waals surface area contributed by atoms with Crippen molar-refractivity contribution in [3.63, 3.8) is 0 Å². The molecule has 3 aromatic rings. The number of para-hydroxylation sites is 1. The van der Waals surface area contributed by atoms with Crippen molar-refractivity contribution in [2.24, 2.45) is 0 Å². The fourth-order valence-electron chi connectivity index (χ4n) is 3.00. The molecule has 0 spiro atoms. The Labute approximate surface area is 193 Å². The molecule has 0 radical (unpaired) electrons. The third-order valence-corrected chi connectivity index (χ3v) is 6.54. The van der Waals surface area contributed by atoms with E-state index >= 15 is 0 Å². The van der Waals surface area contributed by atoms with Crippen LogP contribution in [0.4, 0.5) is 11.4 Å². The van der Waals surface area contributed by atoms with Gasteiger partial charge in [-0.15, -0.1) is 11.3 Å². The topological polar surface area (TPSA) is 76.7 Å². The summed E-state index contributed by atoms with van der Waals surface area (Å²) >= 11 is 2.95. The number of amides is 2. The number of hydrogen-bond donors (Lipinski definition) is 2. The van der Waals surface area contributed by atoms with Crippen molar-refractivity contribution in [3.05, 3.63) is 75.3 Å². The zero-order valence-corrected chi connectivity index (χ0v) is 19.0. The lowest BCUT2D eigenvalue weighted by Crippen LogP contribution is -2.16. The Hall–Kier alpha value is -3.49. The van der Waals surface area contributed by atoms with E-state index in [0.29, 0.717) is 22.1 Å². The number of fused-ring (bicyclic) bond motifs is 1. The molecule has 0 saturated heterocycles. The summed E-state index contributed by atoms with van der Waals surface area (Å²) in [6.07, 6.45) is 5.05. The van der Waals surface area contributed by atoms with Gasteiger partial charge in [-0.1, -0.05) is 23.9 Å². The van der Waals surface area contributed by atoms with Gasteiger partial charge in [0, 0.05) is 39.7 Å². The van der Waals surface area contributed by atoms with Crippen molar-refractivity contribution in [2.75, 3.05) is 24.9 Å². The maximum atomic E-state index is 12.4. The quantitative estimate of drug-likeness (QED) is 0.471. The largest absolute Gasteiger partial charge is 0.497 e. The Balaban J connectivity index is 1.43. The Morgan fingerprint density at radius 1 is 1.06 bits per heavy atom. The smallest absolute Gasteiger partial charge is 0.262 e. The molecule has 1 aromatic heterocycles. The highest BCUT2D eigenvalue weighted by Gasteiger charge is 2.20. The van der Waals surface area contributed by atoms with Gasteiger partial charge < -0.3 is 20.1 Å². The summed E-state index contributed by atoms with van der Waals surface area (Å²) < 4.78 is 10.4. The molecular formula is C24H20N2O4S2. The molecule has 1 aliphatic rings. The van der Waals surface area contributed by atoms with Crippen LogP contribution in [0.25, 0.3) is 12.2 Å². The third kappa shape index (κ3) is 5.22. The first-order chi connectivity index (χ1) is 15.5. The van der Waals surface area contributed by atoms with Gasteiger partial charge in [0.25, 0.3) is 5.91 Å². The Kier molecular flexibility index (Phi) is 6.63. The van der Waals surface area contributed by atoms with Crippen LogP contribution in [0.1, 0.15) is 10.4 Å². The van der Waals surface area contributed by atoms with Gasteiger partial charge in [0.15, 0.2) is 0 Å². The molecule has 162 valence electrons. The number of carbonyl (C=O) groups excluding carboxylic acids is 2. The van der Waals surface area contributed by atoms with Crippen molar-refractivity contribution < 1.29 is 19.1 Å². The standard InChI is InChI=1S/C24H20N2O4S2/c1-29-17-10-16(11-18(12-17)30-2)25-23(27)8-7-15-9-19(31-14-15)13-22-24(28)26-20-5-3-4-6-21(20)32-22/h3-14H,1-2H3,(H,25,27)(H,26,28)/b8-7+,22-13?. The summed E-state index contributed by atoms with van der Waals surface area (Å²) in [7, 11) is 3.11. The van der Waals surface area contributed by atoms with E-state index in [9.17, 15) is 9.59 Å². The van der Waals surface area contributed by atoms with Crippen LogP contribution in [0.2, 0.25) is 0 Å². The highest BCUT2D eigenvalue weighted by molar-refractivity contribution is 8.04. The van der Waals surface area contributed by atoms with Crippen LogP contribution < -0.4 is 20.1 Å². The number of thioether (sulfide) groups is 1. The first kappa shape index (κ1) is 21.7. The van der Waals surface area contributed by atoms with Gasteiger partial charge in [0.2, 0.25) is 5.91 Å². The van der Waals surface area contributed by atoms with E-state index in [2.05, 4.69) is 10.6 Å². The number of ether oxygens (including phenoxy) is 2. The van der Waals surface area contributed by atoms with Crippen LogP contribution in [0, 0.1) is 0 Å². The van der Waals surface area contributed by atoms with E-state index < -0.39 is 0 Å². The molecule has 0 bridgehead atoms. The van der Waals surface area contributed by atoms with Gasteiger partial charge in [0.1, 0.15) is 11.5 Å². The first-order valence-electron chi connectivity index (χ1n) is 9.64. The van der Waals surface area contributed by atoms with Gasteiger partial charge >= 0.3 is 0 Å². The molecule has 2 aromatic carbocycles. The number of rotatable bonds is 6. The van der Waals surface area contributed by atoms with Crippen LogP contribution >= 0.6 is 23.1 Å². The number of thiophene rings is 1. The predicted molar refractivity (Wildman–Crippen MR) is 130 cm³/mol. The van der Waals surface area contributed by atoms with Gasteiger partial charge in [-0.05, 0) is 41.3 Å².